The van der Waals surface area contributed by atoms with Crippen LogP contribution in [0.3, 0.4) is 0 Å². The summed E-state index contributed by atoms with van der Waals surface area (Å²) in [7, 11) is 0. The molecule has 1 heterocycles. The van der Waals surface area contributed by atoms with Crippen molar-refractivity contribution in [2.75, 3.05) is 5.32 Å². The topological polar surface area (TPSA) is 37.8 Å². The third-order valence-electron chi connectivity index (χ3n) is 1.57. The Morgan fingerprint density at radius 2 is 2.07 bits per heavy atom. The molecule has 78 valence electrons. The van der Waals surface area contributed by atoms with Crippen LogP contribution in [0.5, 0.6) is 0 Å². The predicted molar refractivity (Wildman–Crippen MR) is 65.0 cm³/mol. The van der Waals surface area contributed by atoms with Crippen molar-refractivity contribution in [3.63, 3.8) is 0 Å². The van der Waals surface area contributed by atoms with E-state index in [0.717, 1.165) is 4.47 Å². The van der Waals surface area contributed by atoms with Gasteiger partial charge in [0.05, 0.1) is 5.69 Å². The molecule has 0 saturated heterocycles. The summed E-state index contributed by atoms with van der Waals surface area (Å²) in [4.78, 5) is 0. The second kappa shape index (κ2) is 4.54. The lowest BCUT2D eigenvalue weighted by Gasteiger charge is -2.04. The fraction of sp³-hybridized carbons (Fsp3) is 0. The number of benzene rings is 1. The van der Waals surface area contributed by atoms with Crippen LogP contribution >= 0.6 is 43.2 Å². The Hall–Kier alpha value is -0.530. The molecule has 7 heteroatoms. The molecule has 0 aliphatic carbocycles. The van der Waals surface area contributed by atoms with Gasteiger partial charge in [-0.05, 0) is 50.1 Å². The molecule has 0 radical (unpaired) electrons. The van der Waals surface area contributed by atoms with E-state index >= 15 is 0 Å². The minimum Gasteiger partial charge on any atom is -0.329 e. The summed E-state index contributed by atoms with van der Waals surface area (Å²) in [6.07, 6.45) is 0. The molecule has 15 heavy (non-hydrogen) atoms. The van der Waals surface area contributed by atoms with Gasteiger partial charge in [0.1, 0.15) is 5.82 Å². The Morgan fingerprint density at radius 1 is 1.27 bits per heavy atom. The van der Waals surface area contributed by atoms with Crippen molar-refractivity contribution in [1.29, 1.82) is 0 Å². The standard InChI is InChI=1S/C8H4Br2FN3S/c9-5-2-1-4(11)3-6(5)12-8-14-13-7(10)15-8/h1-3H,(H,12,14). The van der Waals surface area contributed by atoms with E-state index in [0.29, 0.717) is 14.7 Å². The highest BCUT2D eigenvalue weighted by atomic mass is 79.9. The van der Waals surface area contributed by atoms with Crippen molar-refractivity contribution in [1.82, 2.24) is 10.2 Å². The lowest BCUT2D eigenvalue weighted by Crippen LogP contribution is -1.91. The van der Waals surface area contributed by atoms with Crippen molar-refractivity contribution in [2.45, 2.75) is 0 Å². The van der Waals surface area contributed by atoms with Crippen LogP contribution < -0.4 is 5.32 Å². The van der Waals surface area contributed by atoms with Crippen LogP contribution in [0.2, 0.25) is 0 Å². The van der Waals surface area contributed by atoms with Gasteiger partial charge in [0.15, 0.2) is 3.92 Å². The first-order valence-electron chi connectivity index (χ1n) is 3.86. The van der Waals surface area contributed by atoms with Crippen LogP contribution in [0, 0.1) is 5.82 Å². The van der Waals surface area contributed by atoms with E-state index < -0.39 is 0 Å². The van der Waals surface area contributed by atoms with Gasteiger partial charge in [0.2, 0.25) is 5.13 Å². The molecule has 1 N–H and O–H groups in total. The molecule has 0 aliphatic heterocycles. The average Bonchev–Trinajstić information content (AvgIpc) is 2.58. The van der Waals surface area contributed by atoms with E-state index in [1.807, 2.05) is 0 Å². The molecule has 0 unspecified atom stereocenters. The third-order valence-corrected chi connectivity index (χ3v) is 3.53. The largest absolute Gasteiger partial charge is 0.329 e. The number of halogens is 3. The average molecular weight is 353 g/mol. The van der Waals surface area contributed by atoms with E-state index in [2.05, 4.69) is 47.4 Å². The van der Waals surface area contributed by atoms with Crippen LogP contribution in [0.1, 0.15) is 0 Å². The Balaban J connectivity index is 2.27. The highest BCUT2D eigenvalue weighted by Gasteiger charge is 2.05. The van der Waals surface area contributed by atoms with Gasteiger partial charge < -0.3 is 5.32 Å². The maximum atomic E-state index is 13.0. The van der Waals surface area contributed by atoms with Crippen molar-refractivity contribution in [2.24, 2.45) is 0 Å². The van der Waals surface area contributed by atoms with Gasteiger partial charge in [-0.25, -0.2) is 4.39 Å². The van der Waals surface area contributed by atoms with Gasteiger partial charge in [0.25, 0.3) is 0 Å². The molecule has 0 bridgehead atoms. The van der Waals surface area contributed by atoms with E-state index in [1.165, 1.54) is 23.5 Å². The maximum Gasteiger partial charge on any atom is 0.210 e. The molecule has 1 aromatic heterocycles. The van der Waals surface area contributed by atoms with Crippen LogP contribution in [0.25, 0.3) is 0 Å². The van der Waals surface area contributed by atoms with Gasteiger partial charge in [-0.3, -0.25) is 0 Å². The lowest BCUT2D eigenvalue weighted by molar-refractivity contribution is 0.628. The zero-order chi connectivity index (χ0) is 10.8. The summed E-state index contributed by atoms with van der Waals surface area (Å²) < 4.78 is 14.4. The number of hydrogen-bond donors (Lipinski definition) is 1. The Bertz CT molecular complexity index is 488. The fourth-order valence-electron chi connectivity index (χ4n) is 0.964. The highest BCUT2D eigenvalue weighted by molar-refractivity contribution is 9.11. The number of nitrogens with one attached hydrogen (secondary N) is 1. The number of aromatic nitrogens is 2. The number of anilines is 2. The van der Waals surface area contributed by atoms with Crippen LogP contribution in [-0.4, -0.2) is 10.2 Å². The minimum absolute atomic E-state index is 0.302. The highest BCUT2D eigenvalue weighted by Crippen LogP contribution is 2.29. The van der Waals surface area contributed by atoms with Crippen molar-refractivity contribution < 1.29 is 4.39 Å². The zero-order valence-electron chi connectivity index (χ0n) is 7.17. The maximum absolute atomic E-state index is 13.0. The van der Waals surface area contributed by atoms with Crippen molar-refractivity contribution in [3.8, 4) is 0 Å². The molecule has 0 spiro atoms. The first-order chi connectivity index (χ1) is 7.15. The van der Waals surface area contributed by atoms with Crippen LogP contribution in [0.15, 0.2) is 26.6 Å². The van der Waals surface area contributed by atoms with Crippen molar-refractivity contribution >= 4 is 54.0 Å². The summed E-state index contributed by atoms with van der Waals surface area (Å²) in [5.74, 6) is -0.302. The van der Waals surface area contributed by atoms with Gasteiger partial charge in [-0.2, -0.15) is 0 Å². The van der Waals surface area contributed by atoms with E-state index in [-0.39, 0.29) is 5.82 Å². The lowest BCUT2D eigenvalue weighted by atomic mass is 10.3. The molecule has 0 amide bonds. The third kappa shape index (κ3) is 2.73. The molecule has 2 rings (SSSR count). The fourth-order valence-corrected chi connectivity index (χ4v) is 2.33. The van der Waals surface area contributed by atoms with Crippen molar-refractivity contribution in [3.05, 3.63) is 32.4 Å². The number of hydrogen-bond acceptors (Lipinski definition) is 4. The smallest absolute Gasteiger partial charge is 0.210 e. The minimum atomic E-state index is -0.302. The molecular formula is C8H4Br2FN3S. The van der Waals surface area contributed by atoms with Gasteiger partial charge in [-0.1, -0.05) is 11.3 Å². The van der Waals surface area contributed by atoms with Gasteiger partial charge in [-0.15, -0.1) is 10.2 Å². The number of nitrogens with zero attached hydrogens (tertiary/aromatic N) is 2. The SMILES string of the molecule is Fc1ccc(Br)c(Nc2nnc(Br)s2)c1. The normalized spacial score (nSPS) is 10.3. The van der Waals surface area contributed by atoms with E-state index in [1.54, 1.807) is 6.07 Å². The van der Waals surface area contributed by atoms with Gasteiger partial charge in [0, 0.05) is 4.47 Å². The second-order valence-electron chi connectivity index (χ2n) is 2.61. The second-order valence-corrected chi connectivity index (χ2v) is 5.72. The van der Waals surface area contributed by atoms with E-state index in [4.69, 9.17) is 0 Å². The molecule has 1 aromatic carbocycles. The van der Waals surface area contributed by atoms with Gasteiger partial charge >= 0.3 is 0 Å². The first-order valence-corrected chi connectivity index (χ1v) is 6.26. The Labute approximate surface area is 106 Å². The summed E-state index contributed by atoms with van der Waals surface area (Å²) in [6, 6.07) is 4.40. The summed E-state index contributed by atoms with van der Waals surface area (Å²) in [6.45, 7) is 0. The Morgan fingerprint density at radius 3 is 2.73 bits per heavy atom. The Kier molecular flexibility index (Phi) is 3.32. The zero-order valence-corrected chi connectivity index (χ0v) is 11.2. The summed E-state index contributed by atoms with van der Waals surface area (Å²) in [5.41, 5.74) is 0.624. The quantitative estimate of drug-likeness (QED) is 0.889. The van der Waals surface area contributed by atoms with Crippen LogP contribution in [-0.2, 0) is 0 Å². The predicted octanol–water partition coefficient (Wildman–Crippen LogP) is 3.95. The first kappa shape index (κ1) is 11.0. The van der Waals surface area contributed by atoms with E-state index in [9.17, 15) is 4.39 Å². The van der Waals surface area contributed by atoms with Crippen LogP contribution in [0.4, 0.5) is 15.2 Å². The summed E-state index contributed by atoms with van der Waals surface area (Å²) in [5, 5.41) is 11.2. The molecule has 0 saturated carbocycles. The molecular weight excluding hydrogens is 349 g/mol. The molecule has 3 nitrogen and oxygen atoms in total. The molecule has 0 atom stereocenters. The molecule has 0 fully saturated rings. The molecule has 0 aliphatic rings. The molecule has 2 aromatic rings. The summed E-state index contributed by atoms with van der Waals surface area (Å²) >= 11 is 7.85. The number of rotatable bonds is 2. The monoisotopic (exact) mass is 351 g/mol.